The van der Waals surface area contributed by atoms with Gasteiger partial charge in [-0.1, -0.05) is 0 Å². The van der Waals surface area contributed by atoms with Crippen molar-refractivity contribution in [3.05, 3.63) is 53.6 Å². The third-order valence-electron chi connectivity index (χ3n) is 3.10. The number of benzene rings is 2. The van der Waals surface area contributed by atoms with Crippen molar-refractivity contribution >= 4 is 17.7 Å². The van der Waals surface area contributed by atoms with Gasteiger partial charge in [0.15, 0.2) is 0 Å². The van der Waals surface area contributed by atoms with Gasteiger partial charge in [0.05, 0.1) is 23.9 Å². The Morgan fingerprint density at radius 1 is 1.04 bits per heavy atom. The van der Waals surface area contributed by atoms with Crippen LogP contribution in [-0.2, 0) is 6.18 Å². The molecule has 25 heavy (non-hydrogen) atoms. The second-order valence-corrected chi connectivity index (χ2v) is 4.81. The summed E-state index contributed by atoms with van der Waals surface area (Å²) in [6.07, 6.45) is -4.49. The van der Waals surface area contributed by atoms with Crippen molar-refractivity contribution in [1.29, 1.82) is 0 Å². The number of esters is 1. The van der Waals surface area contributed by atoms with Crippen molar-refractivity contribution in [3.8, 4) is 11.5 Å². The molecule has 0 aromatic heterocycles. The molecule has 0 atom stereocenters. The third kappa shape index (κ3) is 4.63. The van der Waals surface area contributed by atoms with Gasteiger partial charge in [-0.05, 0) is 42.5 Å². The van der Waals surface area contributed by atoms with Crippen LogP contribution in [0.3, 0.4) is 0 Å². The lowest BCUT2D eigenvalue weighted by Crippen LogP contribution is -2.22. The molecule has 6 nitrogen and oxygen atoms in total. The molecule has 0 saturated carbocycles. The molecule has 0 aliphatic carbocycles. The van der Waals surface area contributed by atoms with Crippen molar-refractivity contribution < 1.29 is 32.2 Å². The Labute approximate surface area is 140 Å². The second-order valence-electron chi connectivity index (χ2n) is 4.81. The van der Waals surface area contributed by atoms with E-state index in [9.17, 15) is 22.8 Å². The number of nitrogens with two attached hydrogens (primary N) is 1. The number of carbonyl (C=O) groups is 2. The normalized spacial score (nSPS) is 10.9. The fraction of sp³-hybridized carbons (Fsp3) is 0.125. The van der Waals surface area contributed by atoms with E-state index in [1.54, 1.807) is 0 Å². The Morgan fingerprint density at radius 2 is 1.64 bits per heavy atom. The van der Waals surface area contributed by atoms with E-state index in [1.165, 1.54) is 25.3 Å². The highest BCUT2D eigenvalue weighted by Crippen LogP contribution is 2.30. The van der Waals surface area contributed by atoms with Crippen LogP contribution in [0.2, 0.25) is 0 Å². The summed E-state index contributed by atoms with van der Waals surface area (Å²) < 4.78 is 47.6. The second kappa shape index (κ2) is 7.12. The number of halogens is 3. The van der Waals surface area contributed by atoms with E-state index in [2.05, 4.69) is 5.32 Å². The summed E-state index contributed by atoms with van der Waals surface area (Å²) in [6, 6.07) is 6.89. The maximum Gasteiger partial charge on any atom is 0.416 e. The number of primary amides is 1. The molecule has 9 heteroatoms. The van der Waals surface area contributed by atoms with E-state index in [1.807, 2.05) is 0 Å². The Hall–Kier alpha value is -3.23. The molecule has 132 valence electrons. The molecular weight excluding hydrogens is 341 g/mol. The molecule has 2 amide bonds. The number of amides is 2. The number of alkyl halides is 3. The maximum absolute atomic E-state index is 12.5. The molecule has 0 saturated heterocycles. The molecule has 0 unspecified atom stereocenters. The lowest BCUT2D eigenvalue weighted by molar-refractivity contribution is -0.137. The summed E-state index contributed by atoms with van der Waals surface area (Å²) in [5.41, 5.74) is 4.17. The predicted octanol–water partition coefficient (Wildman–Crippen LogP) is 3.42. The monoisotopic (exact) mass is 354 g/mol. The van der Waals surface area contributed by atoms with Crippen LogP contribution >= 0.6 is 0 Å². The Morgan fingerprint density at radius 3 is 2.16 bits per heavy atom. The first kappa shape index (κ1) is 18.1. The van der Waals surface area contributed by atoms with Crippen molar-refractivity contribution in [2.75, 3.05) is 12.4 Å². The van der Waals surface area contributed by atoms with Crippen molar-refractivity contribution in [3.63, 3.8) is 0 Å². The van der Waals surface area contributed by atoms with E-state index >= 15 is 0 Å². The fourth-order valence-corrected chi connectivity index (χ4v) is 1.93. The molecule has 0 heterocycles. The molecule has 0 aliphatic heterocycles. The van der Waals surface area contributed by atoms with E-state index in [-0.39, 0.29) is 17.0 Å². The Balaban J connectivity index is 2.26. The van der Waals surface area contributed by atoms with Crippen LogP contribution in [0.1, 0.15) is 15.9 Å². The zero-order valence-electron chi connectivity index (χ0n) is 12.9. The van der Waals surface area contributed by atoms with Gasteiger partial charge < -0.3 is 20.5 Å². The summed E-state index contributed by atoms with van der Waals surface area (Å²) >= 11 is 0. The number of nitrogens with one attached hydrogen (secondary N) is 1. The first-order valence-corrected chi connectivity index (χ1v) is 6.84. The Bertz CT molecular complexity index is 789. The number of anilines is 1. The highest BCUT2D eigenvalue weighted by Gasteiger charge is 2.30. The van der Waals surface area contributed by atoms with Crippen molar-refractivity contribution in [1.82, 2.24) is 0 Å². The number of carbonyl (C=O) groups excluding carboxylic acids is 2. The van der Waals surface area contributed by atoms with Gasteiger partial charge in [0.2, 0.25) is 0 Å². The largest absolute Gasteiger partial charge is 0.497 e. The highest BCUT2D eigenvalue weighted by atomic mass is 19.4. The number of ether oxygens (including phenoxy) is 2. The SMILES string of the molecule is COc1ccc(NC(N)=O)c(C(=O)Oc2ccc(C(F)(F)F)cc2)c1. The summed E-state index contributed by atoms with van der Waals surface area (Å²) in [6.45, 7) is 0. The average Bonchev–Trinajstić information content (AvgIpc) is 2.54. The summed E-state index contributed by atoms with van der Waals surface area (Å²) in [7, 11) is 1.38. The Kier molecular flexibility index (Phi) is 5.16. The van der Waals surface area contributed by atoms with Crippen LogP contribution in [0.4, 0.5) is 23.7 Å². The minimum Gasteiger partial charge on any atom is -0.497 e. The van der Waals surface area contributed by atoms with Crippen LogP contribution in [-0.4, -0.2) is 19.1 Å². The van der Waals surface area contributed by atoms with Crippen molar-refractivity contribution in [2.45, 2.75) is 6.18 Å². The predicted molar refractivity (Wildman–Crippen MR) is 82.6 cm³/mol. The van der Waals surface area contributed by atoms with Gasteiger partial charge in [-0.15, -0.1) is 0 Å². The molecule has 2 aromatic rings. The number of methoxy groups -OCH3 is 1. The molecule has 2 aromatic carbocycles. The highest BCUT2D eigenvalue weighted by molar-refractivity contribution is 6.01. The van der Waals surface area contributed by atoms with Crippen LogP contribution < -0.4 is 20.5 Å². The molecule has 0 fully saturated rings. The summed E-state index contributed by atoms with van der Waals surface area (Å²) in [5.74, 6) is -0.678. The lowest BCUT2D eigenvalue weighted by Gasteiger charge is -2.12. The number of hydrogen-bond donors (Lipinski definition) is 2. The molecule has 0 radical (unpaired) electrons. The average molecular weight is 354 g/mol. The maximum atomic E-state index is 12.5. The first-order chi connectivity index (χ1) is 11.7. The van der Waals surface area contributed by atoms with E-state index < -0.39 is 23.7 Å². The van der Waals surface area contributed by atoms with Gasteiger partial charge in [0.25, 0.3) is 0 Å². The number of hydrogen-bond acceptors (Lipinski definition) is 4. The van der Waals surface area contributed by atoms with Gasteiger partial charge in [-0.3, -0.25) is 0 Å². The zero-order chi connectivity index (χ0) is 18.6. The van der Waals surface area contributed by atoms with E-state index in [0.29, 0.717) is 5.75 Å². The molecule has 0 bridgehead atoms. The molecule has 0 aliphatic rings. The lowest BCUT2D eigenvalue weighted by atomic mass is 10.1. The van der Waals surface area contributed by atoms with Gasteiger partial charge >= 0.3 is 18.2 Å². The minimum absolute atomic E-state index is 0.0713. The smallest absolute Gasteiger partial charge is 0.416 e. The van der Waals surface area contributed by atoms with E-state index in [4.69, 9.17) is 15.2 Å². The summed E-state index contributed by atoms with van der Waals surface area (Å²) in [5, 5.41) is 2.25. The minimum atomic E-state index is -4.49. The van der Waals surface area contributed by atoms with E-state index in [0.717, 1.165) is 24.3 Å². The van der Waals surface area contributed by atoms with Gasteiger partial charge in [0, 0.05) is 0 Å². The molecule has 3 N–H and O–H groups in total. The number of urea groups is 1. The van der Waals surface area contributed by atoms with Gasteiger partial charge in [-0.2, -0.15) is 13.2 Å². The zero-order valence-corrected chi connectivity index (χ0v) is 12.9. The molecular formula is C16H13F3N2O4. The quantitative estimate of drug-likeness (QED) is 0.650. The standard InChI is InChI=1S/C16H13F3N2O4/c1-24-11-6-7-13(21-15(20)23)12(8-11)14(22)25-10-4-2-9(3-5-10)16(17,18)19/h2-8H,1H3,(H3,20,21,23). The first-order valence-electron chi connectivity index (χ1n) is 6.84. The van der Waals surface area contributed by atoms with Crippen LogP contribution in [0.5, 0.6) is 11.5 Å². The van der Waals surface area contributed by atoms with Crippen LogP contribution in [0, 0.1) is 0 Å². The molecule has 2 rings (SSSR count). The van der Waals surface area contributed by atoms with Crippen molar-refractivity contribution in [2.24, 2.45) is 5.73 Å². The van der Waals surface area contributed by atoms with Gasteiger partial charge in [0.1, 0.15) is 11.5 Å². The van der Waals surface area contributed by atoms with Crippen LogP contribution in [0.25, 0.3) is 0 Å². The summed E-state index contributed by atoms with van der Waals surface area (Å²) in [4.78, 5) is 23.3. The molecule has 0 spiro atoms. The fourth-order valence-electron chi connectivity index (χ4n) is 1.93. The van der Waals surface area contributed by atoms with Gasteiger partial charge in [-0.25, -0.2) is 9.59 Å². The van der Waals surface area contributed by atoms with Crippen LogP contribution in [0.15, 0.2) is 42.5 Å². The number of rotatable bonds is 4. The third-order valence-corrected chi connectivity index (χ3v) is 3.10. The topological polar surface area (TPSA) is 90.6 Å².